The summed E-state index contributed by atoms with van der Waals surface area (Å²) in [6.07, 6.45) is 2.41. The number of aryl methyl sites for hydroxylation is 2. The van der Waals surface area contributed by atoms with Crippen LogP contribution in [0.2, 0.25) is 0 Å². The standard InChI is InChI=1S/C12H17N3O2/c1-7-11(13-3)12(17)15-9(8(2)16)5-4-6-10(15)14-7/h9,13H,4-6H2,1-3H3. The van der Waals surface area contributed by atoms with Crippen LogP contribution in [0, 0.1) is 6.92 Å². The number of nitrogens with zero attached hydrogens (tertiary/aromatic N) is 2. The van der Waals surface area contributed by atoms with Gasteiger partial charge in [0.1, 0.15) is 11.5 Å². The lowest BCUT2D eigenvalue weighted by Crippen LogP contribution is -2.37. The van der Waals surface area contributed by atoms with E-state index in [2.05, 4.69) is 10.3 Å². The quantitative estimate of drug-likeness (QED) is 0.832. The number of carbonyl (C=O) groups is 1. The van der Waals surface area contributed by atoms with Gasteiger partial charge in [0, 0.05) is 13.5 Å². The van der Waals surface area contributed by atoms with Crippen molar-refractivity contribution in [3.05, 3.63) is 21.9 Å². The zero-order valence-corrected chi connectivity index (χ0v) is 10.4. The minimum atomic E-state index is -0.341. The maximum atomic E-state index is 12.3. The van der Waals surface area contributed by atoms with Gasteiger partial charge in [-0.25, -0.2) is 4.98 Å². The van der Waals surface area contributed by atoms with E-state index in [0.29, 0.717) is 11.4 Å². The van der Waals surface area contributed by atoms with Crippen molar-refractivity contribution in [1.29, 1.82) is 0 Å². The predicted octanol–water partition coefficient (Wildman–Crippen LogP) is 1.06. The number of ketones is 1. The molecule has 17 heavy (non-hydrogen) atoms. The first-order valence-electron chi connectivity index (χ1n) is 5.86. The molecule has 5 nitrogen and oxygen atoms in total. The molecule has 1 N–H and O–H groups in total. The van der Waals surface area contributed by atoms with Crippen LogP contribution in [0.25, 0.3) is 0 Å². The molecule has 1 aromatic rings. The second-order valence-corrected chi connectivity index (χ2v) is 4.43. The van der Waals surface area contributed by atoms with Crippen LogP contribution in [-0.4, -0.2) is 22.4 Å². The molecule has 0 saturated carbocycles. The summed E-state index contributed by atoms with van der Waals surface area (Å²) < 4.78 is 1.56. The molecule has 2 heterocycles. The average Bonchev–Trinajstić information content (AvgIpc) is 2.28. The van der Waals surface area contributed by atoms with Gasteiger partial charge in [-0.15, -0.1) is 0 Å². The molecule has 1 aliphatic rings. The minimum absolute atomic E-state index is 0.0285. The lowest BCUT2D eigenvalue weighted by molar-refractivity contribution is -0.120. The Morgan fingerprint density at radius 2 is 2.24 bits per heavy atom. The van der Waals surface area contributed by atoms with E-state index in [4.69, 9.17) is 0 Å². The van der Waals surface area contributed by atoms with Crippen LogP contribution < -0.4 is 10.9 Å². The lowest BCUT2D eigenvalue weighted by atomic mass is 10.0. The van der Waals surface area contributed by atoms with E-state index in [0.717, 1.165) is 25.1 Å². The number of fused-ring (bicyclic) bond motifs is 1. The third-order valence-corrected chi connectivity index (χ3v) is 3.28. The van der Waals surface area contributed by atoms with E-state index in [-0.39, 0.29) is 17.4 Å². The highest BCUT2D eigenvalue weighted by Gasteiger charge is 2.27. The van der Waals surface area contributed by atoms with Gasteiger partial charge in [0.2, 0.25) is 0 Å². The summed E-state index contributed by atoms with van der Waals surface area (Å²) in [5.74, 6) is 0.763. The molecular formula is C12H17N3O2. The van der Waals surface area contributed by atoms with E-state index < -0.39 is 0 Å². The molecule has 1 aromatic heterocycles. The summed E-state index contributed by atoms with van der Waals surface area (Å²) in [5.41, 5.74) is 1.06. The van der Waals surface area contributed by atoms with E-state index in [9.17, 15) is 9.59 Å². The molecule has 0 saturated heterocycles. The van der Waals surface area contributed by atoms with Crippen molar-refractivity contribution in [2.75, 3.05) is 12.4 Å². The molecule has 0 bridgehead atoms. The molecule has 0 aromatic carbocycles. The number of hydrogen-bond acceptors (Lipinski definition) is 4. The molecular weight excluding hydrogens is 218 g/mol. The van der Waals surface area contributed by atoms with E-state index in [1.165, 1.54) is 6.92 Å². The highest BCUT2D eigenvalue weighted by molar-refractivity contribution is 5.80. The molecule has 0 aliphatic carbocycles. The summed E-state index contributed by atoms with van der Waals surface area (Å²) in [5, 5.41) is 2.87. The Balaban J connectivity index is 2.68. The van der Waals surface area contributed by atoms with Crippen LogP contribution >= 0.6 is 0 Å². The Morgan fingerprint density at radius 1 is 1.53 bits per heavy atom. The lowest BCUT2D eigenvalue weighted by Gasteiger charge is -2.26. The molecule has 0 fully saturated rings. The fraction of sp³-hybridized carbons (Fsp3) is 0.583. The smallest absolute Gasteiger partial charge is 0.277 e. The van der Waals surface area contributed by atoms with Crippen molar-refractivity contribution in [3.8, 4) is 0 Å². The van der Waals surface area contributed by atoms with Gasteiger partial charge in [0.25, 0.3) is 5.56 Å². The fourth-order valence-corrected chi connectivity index (χ4v) is 2.45. The first kappa shape index (κ1) is 11.8. The maximum absolute atomic E-state index is 12.3. The first-order valence-corrected chi connectivity index (χ1v) is 5.86. The number of rotatable bonds is 2. The van der Waals surface area contributed by atoms with Gasteiger partial charge < -0.3 is 5.32 Å². The van der Waals surface area contributed by atoms with Gasteiger partial charge >= 0.3 is 0 Å². The average molecular weight is 235 g/mol. The molecule has 0 amide bonds. The third kappa shape index (κ3) is 1.85. The Kier molecular flexibility index (Phi) is 3.00. The Hall–Kier alpha value is -1.65. The number of nitrogens with one attached hydrogen (secondary N) is 1. The van der Waals surface area contributed by atoms with E-state index >= 15 is 0 Å². The van der Waals surface area contributed by atoms with Crippen LogP contribution in [0.15, 0.2) is 4.79 Å². The van der Waals surface area contributed by atoms with E-state index in [1.54, 1.807) is 11.6 Å². The van der Waals surface area contributed by atoms with E-state index in [1.807, 2.05) is 6.92 Å². The fourth-order valence-electron chi connectivity index (χ4n) is 2.45. The van der Waals surface area contributed by atoms with Gasteiger partial charge in [-0.05, 0) is 26.7 Å². The predicted molar refractivity (Wildman–Crippen MR) is 65.4 cm³/mol. The Labute approximate surface area is 99.9 Å². The van der Waals surface area contributed by atoms with Crippen molar-refractivity contribution < 1.29 is 4.79 Å². The minimum Gasteiger partial charge on any atom is -0.382 e. The van der Waals surface area contributed by atoms with Gasteiger partial charge in [0.05, 0.1) is 11.7 Å². The van der Waals surface area contributed by atoms with Crippen molar-refractivity contribution >= 4 is 11.5 Å². The monoisotopic (exact) mass is 235 g/mol. The van der Waals surface area contributed by atoms with Crippen LogP contribution in [0.1, 0.15) is 37.3 Å². The molecule has 92 valence electrons. The molecule has 0 spiro atoms. The molecule has 5 heteroatoms. The molecule has 1 aliphatic heterocycles. The van der Waals surface area contributed by atoms with Crippen LogP contribution in [0.3, 0.4) is 0 Å². The maximum Gasteiger partial charge on any atom is 0.277 e. The zero-order valence-electron chi connectivity index (χ0n) is 10.4. The number of aromatic nitrogens is 2. The van der Waals surface area contributed by atoms with Crippen molar-refractivity contribution in [2.45, 2.75) is 39.2 Å². The number of hydrogen-bond donors (Lipinski definition) is 1. The highest BCUT2D eigenvalue weighted by atomic mass is 16.1. The van der Waals surface area contributed by atoms with Gasteiger partial charge in [0.15, 0.2) is 5.78 Å². The molecule has 1 unspecified atom stereocenters. The second kappa shape index (κ2) is 4.31. The summed E-state index contributed by atoms with van der Waals surface area (Å²) >= 11 is 0. The van der Waals surface area contributed by atoms with Gasteiger partial charge in [-0.3, -0.25) is 14.2 Å². The summed E-state index contributed by atoms with van der Waals surface area (Å²) in [7, 11) is 1.70. The summed E-state index contributed by atoms with van der Waals surface area (Å²) in [4.78, 5) is 28.3. The third-order valence-electron chi connectivity index (χ3n) is 3.28. The normalized spacial score (nSPS) is 18.6. The summed E-state index contributed by atoms with van der Waals surface area (Å²) in [6, 6.07) is -0.341. The summed E-state index contributed by atoms with van der Waals surface area (Å²) in [6.45, 7) is 3.34. The van der Waals surface area contributed by atoms with Crippen LogP contribution in [0.5, 0.6) is 0 Å². The molecule has 1 atom stereocenters. The largest absolute Gasteiger partial charge is 0.382 e. The van der Waals surface area contributed by atoms with Gasteiger partial charge in [-0.2, -0.15) is 0 Å². The molecule has 0 radical (unpaired) electrons. The number of anilines is 1. The number of Topliss-reactive ketones (excluding diaryl/α,β-unsaturated/α-hetero) is 1. The van der Waals surface area contributed by atoms with Crippen molar-refractivity contribution in [1.82, 2.24) is 9.55 Å². The topological polar surface area (TPSA) is 64.0 Å². The Bertz CT molecular complexity index is 519. The van der Waals surface area contributed by atoms with Crippen molar-refractivity contribution in [3.63, 3.8) is 0 Å². The van der Waals surface area contributed by atoms with Gasteiger partial charge in [-0.1, -0.05) is 0 Å². The Morgan fingerprint density at radius 3 is 2.82 bits per heavy atom. The second-order valence-electron chi connectivity index (χ2n) is 4.43. The molecule has 2 rings (SSSR count). The highest BCUT2D eigenvalue weighted by Crippen LogP contribution is 2.24. The van der Waals surface area contributed by atoms with Crippen molar-refractivity contribution in [2.24, 2.45) is 0 Å². The SMILES string of the molecule is CNc1c(C)nc2n(c1=O)C(C(C)=O)CCC2. The zero-order chi connectivity index (χ0) is 12.6. The van der Waals surface area contributed by atoms with Crippen LogP contribution in [-0.2, 0) is 11.2 Å². The van der Waals surface area contributed by atoms with Crippen LogP contribution in [0.4, 0.5) is 5.69 Å². The first-order chi connectivity index (χ1) is 8.06. The number of carbonyl (C=O) groups excluding carboxylic acids is 1.